The molecule has 19 heavy (non-hydrogen) atoms. The number of hydrogen-bond acceptors (Lipinski definition) is 3. The zero-order chi connectivity index (χ0) is 13.7. The number of carbonyl (C=O) groups is 1. The Hall–Kier alpha value is -1.07. The van der Waals surface area contributed by atoms with Gasteiger partial charge >= 0.3 is 0 Å². The van der Waals surface area contributed by atoms with Crippen LogP contribution in [0.25, 0.3) is 0 Å². The molecule has 1 aromatic carbocycles. The number of hydrogen-bond donors (Lipinski definition) is 2. The second-order valence-electron chi connectivity index (χ2n) is 4.94. The fourth-order valence-electron chi connectivity index (χ4n) is 2.39. The van der Waals surface area contributed by atoms with Crippen LogP contribution in [0.1, 0.15) is 25.7 Å². The van der Waals surface area contributed by atoms with Gasteiger partial charge in [0.15, 0.2) is 6.61 Å². The second kappa shape index (κ2) is 6.39. The number of aliphatic hydroxyl groups excluding tert-OH is 1. The van der Waals surface area contributed by atoms with Crippen molar-refractivity contribution < 1.29 is 14.6 Å². The van der Waals surface area contributed by atoms with Crippen LogP contribution in [-0.2, 0) is 4.79 Å². The number of carbonyl (C=O) groups excluding carboxylic acids is 1. The minimum atomic E-state index is -0.430. The van der Waals surface area contributed by atoms with Crippen LogP contribution < -0.4 is 10.1 Å². The van der Waals surface area contributed by atoms with Crippen molar-refractivity contribution in [2.24, 2.45) is 0 Å². The van der Waals surface area contributed by atoms with E-state index in [1.165, 1.54) is 0 Å². The lowest BCUT2D eigenvalue weighted by atomic mass is 9.99. The molecule has 0 radical (unpaired) electrons. The van der Waals surface area contributed by atoms with E-state index in [-0.39, 0.29) is 19.1 Å². The van der Waals surface area contributed by atoms with Gasteiger partial charge in [-0.3, -0.25) is 4.79 Å². The second-order valence-corrected chi connectivity index (χ2v) is 5.85. The SMILES string of the molecule is O=C(COc1ccc(Br)cc1)NC1(CO)CCCC1. The number of nitrogens with one attached hydrogen (secondary N) is 1. The quantitative estimate of drug-likeness (QED) is 0.872. The molecule has 1 aliphatic rings. The van der Waals surface area contributed by atoms with Gasteiger partial charge in [0.05, 0.1) is 12.1 Å². The summed E-state index contributed by atoms with van der Waals surface area (Å²) in [7, 11) is 0. The van der Waals surface area contributed by atoms with Gasteiger partial charge in [0.25, 0.3) is 5.91 Å². The van der Waals surface area contributed by atoms with Crippen molar-refractivity contribution in [3.63, 3.8) is 0 Å². The summed E-state index contributed by atoms with van der Waals surface area (Å²) >= 11 is 3.34. The first kappa shape index (κ1) is 14.3. The lowest BCUT2D eigenvalue weighted by Crippen LogP contribution is -2.50. The number of amides is 1. The first-order valence-corrected chi connectivity index (χ1v) is 7.23. The molecule has 104 valence electrons. The molecule has 0 aliphatic heterocycles. The van der Waals surface area contributed by atoms with Crippen molar-refractivity contribution in [3.05, 3.63) is 28.7 Å². The van der Waals surface area contributed by atoms with Crippen LogP contribution in [0.3, 0.4) is 0 Å². The number of halogens is 1. The summed E-state index contributed by atoms with van der Waals surface area (Å²) in [4.78, 5) is 11.8. The van der Waals surface area contributed by atoms with Crippen LogP contribution in [0.15, 0.2) is 28.7 Å². The molecule has 5 heteroatoms. The summed E-state index contributed by atoms with van der Waals surface area (Å²) in [6.45, 7) is -0.0274. The van der Waals surface area contributed by atoms with E-state index in [2.05, 4.69) is 21.2 Å². The van der Waals surface area contributed by atoms with E-state index in [0.717, 1.165) is 30.2 Å². The molecular formula is C14H18BrNO3. The van der Waals surface area contributed by atoms with Crippen molar-refractivity contribution in [2.45, 2.75) is 31.2 Å². The highest BCUT2D eigenvalue weighted by Crippen LogP contribution is 2.29. The monoisotopic (exact) mass is 327 g/mol. The van der Waals surface area contributed by atoms with E-state index < -0.39 is 5.54 Å². The van der Waals surface area contributed by atoms with Crippen LogP contribution in [-0.4, -0.2) is 29.8 Å². The maximum absolute atomic E-state index is 11.8. The Balaban J connectivity index is 1.82. The molecule has 0 spiro atoms. The Morgan fingerprint density at radius 3 is 2.53 bits per heavy atom. The molecule has 2 N–H and O–H groups in total. The van der Waals surface area contributed by atoms with Crippen LogP contribution >= 0.6 is 15.9 Å². The molecule has 0 heterocycles. The smallest absolute Gasteiger partial charge is 0.258 e. The van der Waals surface area contributed by atoms with Gasteiger partial charge in [-0.05, 0) is 37.1 Å². The summed E-state index contributed by atoms with van der Waals surface area (Å²) in [5, 5.41) is 12.3. The zero-order valence-corrected chi connectivity index (χ0v) is 12.3. The van der Waals surface area contributed by atoms with Gasteiger partial charge in [0.2, 0.25) is 0 Å². The van der Waals surface area contributed by atoms with Gasteiger partial charge in [0.1, 0.15) is 5.75 Å². The molecule has 0 atom stereocenters. The first-order valence-electron chi connectivity index (χ1n) is 6.44. The van der Waals surface area contributed by atoms with E-state index in [0.29, 0.717) is 5.75 Å². The Morgan fingerprint density at radius 1 is 1.32 bits per heavy atom. The van der Waals surface area contributed by atoms with Gasteiger partial charge in [0, 0.05) is 4.47 Å². The van der Waals surface area contributed by atoms with Gasteiger partial charge < -0.3 is 15.2 Å². The highest BCUT2D eigenvalue weighted by Gasteiger charge is 2.34. The fourth-order valence-corrected chi connectivity index (χ4v) is 2.65. The van der Waals surface area contributed by atoms with Gasteiger partial charge in [-0.25, -0.2) is 0 Å². The lowest BCUT2D eigenvalue weighted by Gasteiger charge is -2.27. The average molecular weight is 328 g/mol. The minimum Gasteiger partial charge on any atom is -0.484 e. The van der Waals surface area contributed by atoms with Gasteiger partial charge in [-0.2, -0.15) is 0 Å². The lowest BCUT2D eigenvalue weighted by molar-refractivity contribution is -0.125. The van der Waals surface area contributed by atoms with Crippen LogP contribution in [0.2, 0.25) is 0 Å². The molecule has 0 saturated heterocycles. The van der Waals surface area contributed by atoms with E-state index in [9.17, 15) is 9.90 Å². The fraction of sp³-hybridized carbons (Fsp3) is 0.500. The summed E-state index contributed by atoms with van der Waals surface area (Å²) < 4.78 is 6.38. The number of rotatable bonds is 5. The molecule has 0 unspecified atom stereocenters. The largest absolute Gasteiger partial charge is 0.484 e. The Kier molecular flexibility index (Phi) is 4.82. The van der Waals surface area contributed by atoms with E-state index in [1.54, 1.807) is 12.1 Å². The maximum atomic E-state index is 11.8. The molecule has 1 aromatic rings. The molecule has 1 amide bonds. The molecule has 1 fully saturated rings. The van der Waals surface area contributed by atoms with Crippen LogP contribution in [0.4, 0.5) is 0 Å². The molecule has 4 nitrogen and oxygen atoms in total. The summed E-state index contributed by atoms with van der Waals surface area (Å²) in [5.41, 5.74) is -0.430. The predicted octanol–water partition coefficient (Wildman–Crippen LogP) is 2.25. The third-order valence-corrected chi connectivity index (χ3v) is 3.98. The Morgan fingerprint density at radius 2 is 1.95 bits per heavy atom. The van der Waals surface area contributed by atoms with Crippen LogP contribution in [0.5, 0.6) is 5.75 Å². The van der Waals surface area contributed by atoms with Crippen molar-refractivity contribution in [1.29, 1.82) is 0 Å². The average Bonchev–Trinajstić information content (AvgIpc) is 2.87. The molecule has 1 saturated carbocycles. The standard InChI is InChI=1S/C14H18BrNO3/c15-11-3-5-12(6-4-11)19-9-13(18)16-14(10-17)7-1-2-8-14/h3-6,17H,1-2,7-10H2,(H,16,18). The Bertz CT molecular complexity index is 427. The van der Waals surface area contributed by atoms with E-state index in [4.69, 9.17) is 4.74 Å². The summed E-state index contributed by atoms with van der Waals surface area (Å²) in [5.74, 6) is 0.474. The number of ether oxygens (including phenoxy) is 1. The minimum absolute atomic E-state index is 0.00295. The molecular weight excluding hydrogens is 310 g/mol. The normalized spacial score (nSPS) is 17.2. The molecule has 0 aromatic heterocycles. The predicted molar refractivity (Wildman–Crippen MR) is 76.1 cm³/mol. The molecule has 1 aliphatic carbocycles. The van der Waals surface area contributed by atoms with Crippen molar-refractivity contribution in [3.8, 4) is 5.75 Å². The topological polar surface area (TPSA) is 58.6 Å². The number of benzene rings is 1. The molecule has 2 rings (SSSR count). The van der Waals surface area contributed by atoms with Crippen molar-refractivity contribution in [2.75, 3.05) is 13.2 Å². The number of aliphatic hydroxyl groups is 1. The molecule has 0 bridgehead atoms. The first-order chi connectivity index (χ1) is 9.13. The maximum Gasteiger partial charge on any atom is 0.258 e. The highest BCUT2D eigenvalue weighted by molar-refractivity contribution is 9.10. The van der Waals surface area contributed by atoms with Gasteiger partial charge in [-0.15, -0.1) is 0 Å². The summed E-state index contributed by atoms with van der Waals surface area (Å²) in [6.07, 6.45) is 3.78. The van der Waals surface area contributed by atoms with Crippen molar-refractivity contribution in [1.82, 2.24) is 5.32 Å². The van der Waals surface area contributed by atoms with E-state index in [1.807, 2.05) is 12.1 Å². The summed E-state index contributed by atoms with van der Waals surface area (Å²) in [6, 6.07) is 7.32. The van der Waals surface area contributed by atoms with E-state index >= 15 is 0 Å². The Labute approximate surface area is 121 Å². The van der Waals surface area contributed by atoms with Gasteiger partial charge in [-0.1, -0.05) is 28.8 Å². The zero-order valence-electron chi connectivity index (χ0n) is 10.7. The van der Waals surface area contributed by atoms with Crippen molar-refractivity contribution >= 4 is 21.8 Å². The third-order valence-electron chi connectivity index (χ3n) is 3.45. The highest BCUT2D eigenvalue weighted by atomic mass is 79.9. The van der Waals surface area contributed by atoms with Crippen LogP contribution in [0, 0.1) is 0 Å². The third kappa shape index (κ3) is 3.94.